The number of ether oxygens (including phenoxy) is 2. The van der Waals surface area contributed by atoms with Gasteiger partial charge in [0.25, 0.3) is 0 Å². The van der Waals surface area contributed by atoms with Gasteiger partial charge in [0.05, 0.1) is 13.2 Å². The summed E-state index contributed by atoms with van der Waals surface area (Å²) in [5, 5.41) is 9.48. The fourth-order valence-corrected chi connectivity index (χ4v) is 4.61. The lowest BCUT2D eigenvalue weighted by atomic mass is 10.1. The largest absolute Gasteiger partial charge is 0.457 e. The van der Waals surface area contributed by atoms with E-state index in [9.17, 15) is 9.90 Å². The van der Waals surface area contributed by atoms with Crippen molar-refractivity contribution in [3.05, 3.63) is 48.6 Å². The number of carbonyl (C=O) groups excluding carboxylic acids is 1. The quantitative estimate of drug-likeness (QED) is 0.0508. The fraction of sp³-hybridized carbons (Fsp3) is 0.757. The Bertz CT molecular complexity index is 649. The number of carbonyl (C=O) groups is 1. The third-order valence-electron chi connectivity index (χ3n) is 7.17. The number of allylic oxidation sites excluding steroid dienone is 8. The van der Waals surface area contributed by atoms with Crippen LogP contribution in [0.4, 0.5) is 0 Å². The Morgan fingerprint density at radius 3 is 1.66 bits per heavy atom. The first-order valence-electron chi connectivity index (χ1n) is 17.2. The third-order valence-corrected chi connectivity index (χ3v) is 7.17. The average Bonchev–Trinajstić information content (AvgIpc) is 2.98. The standard InChI is InChI=1S/C37H66O4/c1-3-5-7-9-11-12-13-14-15-16-17-18-19-20-21-22-23-24-25-27-29-31-33-40-35-36(34-38)41-37(39)32-30-28-26-10-8-6-4-2/h5,7,11-12,14-15,17-18,36,38H,3-4,6,8-10,13,16,19-35H2,1-2H3/b7-5-,12-11-,15-14-,18-17-. The fourth-order valence-electron chi connectivity index (χ4n) is 4.61. The Morgan fingerprint density at radius 1 is 0.610 bits per heavy atom. The van der Waals surface area contributed by atoms with Gasteiger partial charge in [-0.05, 0) is 51.4 Å². The molecule has 0 aliphatic carbocycles. The van der Waals surface area contributed by atoms with E-state index in [0.29, 0.717) is 19.6 Å². The molecule has 0 saturated heterocycles. The molecule has 0 spiro atoms. The highest BCUT2D eigenvalue weighted by Crippen LogP contribution is 2.12. The van der Waals surface area contributed by atoms with Gasteiger partial charge in [-0.25, -0.2) is 0 Å². The Labute approximate surface area is 254 Å². The maximum absolute atomic E-state index is 12.0. The van der Waals surface area contributed by atoms with E-state index in [2.05, 4.69) is 62.5 Å². The summed E-state index contributed by atoms with van der Waals surface area (Å²) in [6, 6.07) is 0. The highest BCUT2D eigenvalue weighted by atomic mass is 16.6. The lowest BCUT2D eigenvalue weighted by Gasteiger charge is -2.15. The van der Waals surface area contributed by atoms with Crippen LogP contribution in [-0.4, -0.2) is 37.0 Å². The van der Waals surface area contributed by atoms with Crippen LogP contribution in [0.1, 0.15) is 155 Å². The van der Waals surface area contributed by atoms with E-state index in [1.54, 1.807) is 0 Å². The first-order chi connectivity index (χ1) is 20.2. The number of aliphatic hydroxyl groups excluding tert-OH is 1. The van der Waals surface area contributed by atoms with Crippen molar-refractivity contribution in [1.29, 1.82) is 0 Å². The molecule has 0 bridgehead atoms. The molecular formula is C37H66O4. The van der Waals surface area contributed by atoms with Crippen molar-refractivity contribution in [1.82, 2.24) is 0 Å². The van der Waals surface area contributed by atoms with Crippen molar-refractivity contribution in [3.8, 4) is 0 Å². The van der Waals surface area contributed by atoms with E-state index in [-0.39, 0.29) is 12.6 Å². The molecule has 41 heavy (non-hydrogen) atoms. The van der Waals surface area contributed by atoms with E-state index in [4.69, 9.17) is 9.47 Å². The van der Waals surface area contributed by atoms with Crippen LogP contribution in [0.15, 0.2) is 48.6 Å². The molecule has 0 rings (SSSR count). The summed E-state index contributed by atoms with van der Waals surface area (Å²) >= 11 is 0. The Kier molecular flexibility index (Phi) is 33.2. The lowest BCUT2D eigenvalue weighted by Crippen LogP contribution is -2.27. The number of rotatable bonds is 31. The molecule has 4 heteroatoms. The molecule has 1 unspecified atom stereocenters. The van der Waals surface area contributed by atoms with Crippen molar-refractivity contribution in [3.63, 3.8) is 0 Å². The highest BCUT2D eigenvalue weighted by Gasteiger charge is 2.13. The van der Waals surface area contributed by atoms with Crippen LogP contribution < -0.4 is 0 Å². The molecule has 0 aromatic carbocycles. The zero-order valence-corrected chi connectivity index (χ0v) is 27.0. The average molecular weight is 575 g/mol. The molecule has 4 nitrogen and oxygen atoms in total. The minimum atomic E-state index is -0.532. The SMILES string of the molecule is CC/C=C\C/C=C\C/C=C\C/C=C\CCCCCCCCCCCOCC(CO)OC(=O)CCCCCCCCC. The Hall–Kier alpha value is -1.65. The monoisotopic (exact) mass is 574 g/mol. The molecular weight excluding hydrogens is 508 g/mol. The van der Waals surface area contributed by atoms with Gasteiger partial charge in [0.2, 0.25) is 0 Å². The van der Waals surface area contributed by atoms with E-state index >= 15 is 0 Å². The molecule has 1 atom stereocenters. The molecule has 0 radical (unpaired) electrons. The second-order valence-corrected chi connectivity index (χ2v) is 11.2. The predicted molar refractivity (Wildman–Crippen MR) is 177 cm³/mol. The summed E-state index contributed by atoms with van der Waals surface area (Å²) in [6.07, 6.45) is 43.0. The maximum Gasteiger partial charge on any atom is 0.306 e. The molecule has 0 fully saturated rings. The van der Waals surface area contributed by atoms with Gasteiger partial charge in [0.15, 0.2) is 0 Å². The summed E-state index contributed by atoms with van der Waals surface area (Å²) in [5.41, 5.74) is 0. The normalized spacial score (nSPS) is 13.0. The van der Waals surface area contributed by atoms with Crippen molar-refractivity contribution in [2.24, 2.45) is 0 Å². The van der Waals surface area contributed by atoms with Crippen molar-refractivity contribution in [2.45, 2.75) is 161 Å². The smallest absolute Gasteiger partial charge is 0.306 e. The first kappa shape index (κ1) is 39.4. The van der Waals surface area contributed by atoms with Gasteiger partial charge < -0.3 is 14.6 Å². The number of esters is 1. The zero-order valence-electron chi connectivity index (χ0n) is 27.0. The van der Waals surface area contributed by atoms with Crippen LogP contribution in [0, 0.1) is 0 Å². The molecule has 1 N–H and O–H groups in total. The number of hydrogen-bond acceptors (Lipinski definition) is 4. The topological polar surface area (TPSA) is 55.8 Å². The van der Waals surface area contributed by atoms with Crippen LogP contribution in [0.2, 0.25) is 0 Å². The molecule has 0 aromatic heterocycles. The molecule has 0 aliphatic heterocycles. The van der Waals surface area contributed by atoms with Crippen LogP contribution >= 0.6 is 0 Å². The van der Waals surface area contributed by atoms with Gasteiger partial charge in [0.1, 0.15) is 6.10 Å². The van der Waals surface area contributed by atoms with Gasteiger partial charge in [0, 0.05) is 13.0 Å². The van der Waals surface area contributed by atoms with Crippen LogP contribution in [0.25, 0.3) is 0 Å². The summed E-state index contributed by atoms with van der Waals surface area (Å²) in [4.78, 5) is 12.0. The number of unbranched alkanes of at least 4 members (excludes halogenated alkanes) is 15. The van der Waals surface area contributed by atoms with Gasteiger partial charge in [-0.1, -0.05) is 146 Å². The van der Waals surface area contributed by atoms with Crippen molar-refractivity contribution >= 4 is 5.97 Å². The van der Waals surface area contributed by atoms with Gasteiger partial charge in [-0.2, -0.15) is 0 Å². The van der Waals surface area contributed by atoms with E-state index in [1.807, 2.05) is 0 Å². The first-order valence-corrected chi connectivity index (χ1v) is 17.2. The lowest BCUT2D eigenvalue weighted by molar-refractivity contribution is -0.154. The maximum atomic E-state index is 12.0. The highest BCUT2D eigenvalue weighted by molar-refractivity contribution is 5.69. The summed E-state index contributed by atoms with van der Waals surface area (Å²) in [7, 11) is 0. The summed E-state index contributed by atoms with van der Waals surface area (Å²) in [6.45, 7) is 5.17. The van der Waals surface area contributed by atoms with Crippen LogP contribution in [0.3, 0.4) is 0 Å². The molecule has 0 saturated carbocycles. The summed E-state index contributed by atoms with van der Waals surface area (Å²) in [5.74, 6) is -0.212. The predicted octanol–water partition coefficient (Wildman–Crippen LogP) is 10.8. The van der Waals surface area contributed by atoms with Crippen molar-refractivity contribution in [2.75, 3.05) is 19.8 Å². The number of hydrogen-bond donors (Lipinski definition) is 1. The van der Waals surface area contributed by atoms with Crippen LogP contribution in [-0.2, 0) is 14.3 Å². The minimum absolute atomic E-state index is 0.174. The van der Waals surface area contributed by atoms with Gasteiger partial charge in [-0.3, -0.25) is 4.79 Å². The minimum Gasteiger partial charge on any atom is -0.457 e. The van der Waals surface area contributed by atoms with E-state index < -0.39 is 6.10 Å². The molecule has 0 heterocycles. The van der Waals surface area contributed by atoms with Gasteiger partial charge >= 0.3 is 5.97 Å². The van der Waals surface area contributed by atoms with Gasteiger partial charge in [-0.15, -0.1) is 0 Å². The zero-order chi connectivity index (χ0) is 29.9. The molecule has 238 valence electrons. The molecule has 0 amide bonds. The van der Waals surface area contributed by atoms with Crippen LogP contribution in [0.5, 0.6) is 0 Å². The molecule has 0 aliphatic rings. The summed E-state index contributed by atoms with van der Waals surface area (Å²) < 4.78 is 11.0. The van der Waals surface area contributed by atoms with E-state index in [0.717, 1.165) is 44.9 Å². The van der Waals surface area contributed by atoms with Crippen molar-refractivity contribution < 1.29 is 19.4 Å². The Morgan fingerprint density at radius 2 is 1.10 bits per heavy atom. The Balaban J connectivity index is 3.43. The second kappa shape index (κ2) is 34.6. The van der Waals surface area contributed by atoms with E-state index in [1.165, 1.54) is 89.9 Å². The third kappa shape index (κ3) is 32.7. The number of aliphatic hydroxyl groups is 1. The second-order valence-electron chi connectivity index (χ2n) is 11.2. The molecule has 0 aromatic rings.